The molecule has 0 bridgehead atoms. The van der Waals surface area contributed by atoms with Gasteiger partial charge < -0.3 is 0 Å². The maximum Gasteiger partial charge on any atom is 0.0132 e. The first kappa shape index (κ1) is 8.31. The predicted molar refractivity (Wildman–Crippen MR) is 52.2 cm³/mol. The van der Waals surface area contributed by atoms with E-state index in [9.17, 15) is 0 Å². The van der Waals surface area contributed by atoms with Gasteiger partial charge in [0.15, 0.2) is 0 Å². The van der Waals surface area contributed by atoms with E-state index < -0.39 is 0 Å². The van der Waals surface area contributed by atoms with E-state index in [1.165, 1.54) is 45.2 Å². The monoisotopic (exact) mass is 165 g/mol. The lowest BCUT2D eigenvalue weighted by molar-refractivity contribution is 0.154. The normalized spacial score (nSPS) is 32.1. The lowest BCUT2D eigenvalue weighted by atomic mass is 9.97. The number of hydrogen-bond donors (Lipinski definition) is 0. The van der Waals surface area contributed by atoms with Crippen molar-refractivity contribution in [3.63, 3.8) is 0 Å². The van der Waals surface area contributed by atoms with Crippen molar-refractivity contribution in [1.29, 1.82) is 0 Å². The van der Waals surface area contributed by atoms with Crippen molar-refractivity contribution in [2.45, 2.75) is 45.1 Å². The molecule has 0 radical (unpaired) electrons. The molecule has 2 aliphatic heterocycles. The van der Waals surface area contributed by atoms with Crippen molar-refractivity contribution < 1.29 is 0 Å². The molecule has 2 rings (SSSR count). The molecule has 2 heterocycles. The third kappa shape index (κ3) is 1.71. The van der Waals surface area contributed by atoms with Gasteiger partial charge in [0.25, 0.3) is 0 Å². The molecule has 0 N–H and O–H groups in total. The van der Waals surface area contributed by atoms with Crippen LogP contribution in [0.5, 0.6) is 0 Å². The maximum absolute atomic E-state index is 2.69. The molecule has 1 heteroatoms. The SMILES string of the molecule is CC1=CCCN2CCCCC2C1. The van der Waals surface area contributed by atoms with Crippen molar-refractivity contribution in [2.75, 3.05) is 13.1 Å². The zero-order valence-electron chi connectivity index (χ0n) is 8.05. The summed E-state index contributed by atoms with van der Waals surface area (Å²) in [6.45, 7) is 4.95. The molecule has 1 atom stereocenters. The highest BCUT2D eigenvalue weighted by atomic mass is 15.2. The second-order valence-corrected chi connectivity index (χ2v) is 4.23. The Kier molecular flexibility index (Phi) is 2.50. The molecule has 2 aliphatic rings. The Labute approximate surface area is 75.4 Å². The average Bonchev–Trinajstić information content (AvgIpc) is 2.25. The highest BCUT2D eigenvalue weighted by molar-refractivity contribution is 5.04. The minimum atomic E-state index is 0.887. The first-order valence-corrected chi connectivity index (χ1v) is 5.26. The molecule has 0 saturated carbocycles. The van der Waals surface area contributed by atoms with E-state index in [4.69, 9.17) is 0 Å². The molecule has 0 aromatic carbocycles. The van der Waals surface area contributed by atoms with Crippen LogP contribution in [0.15, 0.2) is 11.6 Å². The van der Waals surface area contributed by atoms with Gasteiger partial charge >= 0.3 is 0 Å². The van der Waals surface area contributed by atoms with E-state index in [2.05, 4.69) is 17.9 Å². The lowest BCUT2D eigenvalue weighted by Crippen LogP contribution is -2.39. The fourth-order valence-electron chi connectivity index (χ4n) is 2.52. The molecule has 0 aromatic rings. The number of hydrogen-bond acceptors (Lipinski definition) is 1. The van der Waals surface area contributed by atoms with Gasteiger partial charge in [-0.1, -0.05) is 18.1 Å². The van der Waals surface area contributed by atoms with Gasteiger partial charge in [-0.05, 0) is 39.2 Å². The van der Waals surface area contributed by atoms with Gasteiger partial charge in [0.05, 0.1) is 0 Å². The molecule has 1 unspecified atom stereocenters. The Morgan fingerprint density at radius 2 is 2.25 bits per heavy atom. The zero-order valence-corrected chi connectivity index (χ0v) is 8.05. The Morgan fingerprint density at radius 3 is 3.17 bits per heavy atom. The molecular weight excluding hydrogens is 146 g/mol. The molecule has 0 aliphatic carbocycles. The summed E-state index contributed by atoms with van der Waals surface area (Å²) in [6, 6.07) is 0.887. The predicted octanol–water partition coefficient (Wildman–Crippen LogP) is 2.58. The second kappa shape index (κ2) is 3.61. The van der Waals surface area contributed by atoms with Crippen LogP contribution in [0.25, 0.3) is 0 Å². The van der Waals surface area contributed by atoms with Crippen molar-refractivity contribution >= 4 is 0 Å². The average molecular weight is 165 g/mol. The van der Waals surface area contributed by atoms with Crippen LogP contribution in [0.1, 0.15) is 39.0 Å². The van der Waals surface area contributed by atoms with Crippen LogP contribution in [0, 0.1) is 0 Å². The molecule has 1 saturated heterocycles. The summed E-state index contributed by atoms with van der Waals surface area (Å²) < 4.78 is 0. The summed E-state index contributed by atoms with van der Waals surface area (Å²) in [4.78, 5) is 2.69. The van der Waals surface area contributed by atoms with Crippen LogP contribution < -0.4 is 0 Å². The van der Waals surface area contributed by atoms with Crippen molar-refractivity contribution in [3.05, 3.63) is 11.6 Å². The van der Waals surface area contributed by atoms with E-state index >= 15 is 0 Å². The van der Waals surface area contributed by atoms with E-state index in [1.54, 1.807) is 5.57 Å². The highest BCUT2D eigenvalue weighted by Gasteiger charge is 2.23. The number of piperidine rings is 1. The minimum Gasteiger partial charge on any atom is -0.300 e. The second-order valence-electron chi connectivity index (χ2n) is 4.23. The van der Waals surface area contributed by atoms with Gasteiger partial charge in [0.1, 0.15) is 0 Å². The topological polar surface area (TPSA) is 3.24 Å². The molecule has 1 nitrogen and oxygen atoms in total. The lowest BCUT2D eigenvalue weighted by Gasteiger charge is -2.34. The smallest absolute Gasteiger partial charge is 0.0132 e. The summed E-state index contributed by atoms with van der Waals surface area (Å²) in [6.07, 6.45) is 9.36. The largest absolute Gasteiger partial charge is 0.300 e. The van der Waals surface area contributed by atoms with Gasteiger partial charge in [-0.3, -0.25) is 4.90 Å². The van der Waals surface area contributed by atoms with Crippen LogP contribution in [0.2, 0.25) is 0 Å². The van der Waals surface area contributed by atoms with Crippen LogP contribution >= 0.6 is 0 Å². The van der Waals surface area contributed by atoms with Gasteiger partial charge in [-0.25, -0.2) is 0 Å². The fraction of sp³-hybridized carbons (Fsp3) is 0.818. The Bertz CT molecular complexity index is 183. The van der Waals surface area contributed by atoms with Crippen LogP contribution in [-0.2, 0) is 0 Å². The summed E-state index contributed by atoms with van der Waals surface area (Å²) in [5, 5.41) is 0. The van der Waals surface area contributed by atoms with Gasteiger partial charge in [-0.2, -0.15) is 0 Å². The molecule has 68 valence electrons. The molecular formula is C11H19N. The van der Waals surface area contributed by atoms with E-state index in [0.717, 1.165) is 6.04 Å². The maximum atomic E-state index is 2.69. The number of fused-ring (bicyclic) bond motifs is 1. The molecule has 1 fully saturated rings. The quantitative estimate of drug-likeness (QED) is 0.499. The summed E-state index contributed by atoms with van der Waals surface area (Å²) >= 11 is 0. The Hall–Kier alpha value is -0.300. The molecule has 0 spiro atoms. The van der Waals surface area contributed by atoms with Crippen LogP contribution in [-0.4, -0.2) is 24.0 Å². The molecule has 12 heavy (non-hydrogen) atoms. The van der Waals surface area contributed by atoms with Gasteiger partial charge in [0, 0.05) is 12.6 Å². The fourth-order valence-corrected chi connectivity index (χ4v) is 2.52. The number of nitrogens with zero attached hydrogens (tertiary/aromatic N) is 1. The first-order chi connectivity index (χ1) is 5.86. The standard InChI is InChI=1S/C11H19N/c1-10-5-4-8-12-7-3-2-6-11(12)9-10/h5,11H,2-4,6-9H2,1H3. The van der Waals surface area contributed by atoms with Crippen molar-refractivity contribution in [1.82, 2.24) is 4.90 Å². The summed E-state index contributed by atoms with van der Waals surface area (Å²) in [7, 11) is 0. The van der Waals surface area contributed by atoms with Crippen LogP contribution in [0.3, 0.4) is 0 Å². The van der Waals surface area contributed by atoms with E-state index in [1.807, 2.05) is 0 Å². The zero-order chi connectivity index (χ0) is 8.39. The highest BCUT2D eigenvalue weighted by Crippen LogP contribution is 2.25. The number of rotatable bonds is 0. The van der Waals surface area contributed by atoms with E-state index in [-0.39, 0.29) is 0 Å². The summed E-state index contributed by atoms with van der Waals surface area (Å²) in [5.41, 5.74) is 1.62. The minimum absolute atomic E-state index is 0.887. The van der Waals surface area contributed by atoms with Gasteiger partial charge in [0.2, 0.25) is 0 Å². The summed E-state index contributed by atoms with van der Waals surface area (Å²) in [5.74, 6) is 0. The van der Waals surface area contributed by atoms with E-state index in [0.29, 0.717) is 0 Å². The first-order valence-electron chi connectivity index (χ1n) is 5.26. The van der Waals surface area contributed by atoms with Crippen molar-refractivity contribution in [3.8, 4) is 0 Å². The van der Waals surface area contributed by atoms with Crippen LogP contribution in [0.4, 0.5) is 0 Å². The Balaban J connectivity index is 2.02. The third-order valence-electron chi connectivity index (χ3n) is 3.22. The van der Waals surface area contributed by atoms with Crippen molar-refractivity contribution in [2.24, 2.45) is 0 Å². The molecule has 0 amide bonds. The molecule has 0 aromatic heterocycles. The Morgan fingerprint density at radius 1 is 1.33 bits per heavy atom. The third-order valence-corrected chi connectivity index (χ3v) is 3.22. The van der Waals surface area contributed by atoms with Gasteiger partial charge in [-0.15, -0.1) is 0 Å².